The van der Waals surface area contributed by atoms with E-state index in [-0.39, 0.29) is 26.4 Å². The molecular formula is C42H86O10. The van der Waals surface area contributed by atoms with Gasteiger partial charge in [-0.1, -0.05) is 167 Å². The number of aliphatic hydroxyl groups excluding tert-OH is 6. The topological polar surface area (TPSA) is 196 Å². The summed E-state index contributed by atoms with van der Waals surface area (Å²) in [4.78, 5) is 20.7. The van der Waals surface area contributed by atoms with E-state index in [2.05, 4.69) is 26.0 Å². The van der Waals surface area contributed by atoms with Gasteiger partial charge < -0.3 is 40.9 Å². The predicted octanol–water partition coefficient (Wildman–Crippen LogP) is 9.10. The van der Waals surface area contributed by atoms with Crippen molar-refractivity contribution in [3.8, 4) is 0 Å². The summed E-state index contributed by atoms with van der Waals surface area (Å²) >= 11 is 0. The van der Waals surface area contributed by atoms with Crippen LogP contribution in [0.3, 0.4) is 0 Å². The first-order valence-corrected chi connectivity index (χ1v) is 21.0. The van der Waals surface area contributed by atoms with Crippen LogP contribution in [-0.4, -0.2) is 91.4 Å². The van der Waals surface area contributed by atoms with E-state index >= 15 is 0 Å². The van der Waals surface area contributed by atoms with E-state index < -0.39 is 24.1 Å². The van der Waals surface area contributed by atoms with Gasteiger partial charge >= 0.3 is 11.9 Å². The Balaban J connectivity index is -0.000000337. The van der Waals surface area contributed by atoms with Crippen LogP contribution in [0.15, 0.2) is 12.2 Å². The Hall–Kier alpha value is -1.56. The van der Waals surface area contributed by atoms with Crippen LogP contribution in [0.5, 0.6) is 0 Å². The van der Waals surface area contributed by atoms with Gasteiger partial charge in [-0.3, -0.25) is 9.59 Å². The molecule has 0 aromatic heterocycles. The highest BCUT2D eigenvalue weighted by atomic mass is 16.4. The Bertz CT molecular complexity index is 672. The van der Waals surface area contributed by atoms with Gasteiger partial charge in [-0.25, -0.2) is 0 Å². The smallest absolute Gasteiger partial charge is 0.303 e. The summed E-state index contributed by atoms with van der Waals surface area (Å²) in [5, 5.41) is 65.1. The van der Waals surface area contributed by atoms with Gasteiger partial charge in [0, 0.05) is 12.8 Å². The molecule has 0 aliphatic heterocycles. The van der Waals surface area contributed by atoms with Crippen molar-refractivity contribution in [2.75, 3.05) is 26.4 Å². The fraction of sp³-hybridized carbons (Fsp3) is 0.905. The molecule has 0 heterocycles. The number of carbonyl (C=O) groups is 2. The number of aliphatic hydroxyl groups is 6. The highest BCUT2D eigenvalue weighted by Crippen LogP contribution is 2.14. The number of hydrogen-bond acceptors (Lipinski definition) is 8. The van der Waals surface area contributed by atoms with Gasteiger partial charge in [-0.15, -0.1) is 0 Å². The molecule has 10 nitrogen and oxygen atoms in total. The van der Waals surface area contributed by atoms with E-state index in [1.54, 1.807) is 0 Å². The van der Waals surface area contributed by atoms with E-state index in [1.807, 2.05) is 0 Å². The molecule has 0 atom stereocenters. The second-order valence-electron chi connectivity index (χ2n) is 13.9. The van der Waals surface area contributed by atoms with Crippen molar-refractivity contribution in [2.24, 2.45) is 0 Å². The zero-order chi connectivity index (χ0) is 39.8. The minimum Gasteiger partial charge on any atom is -0.481 e. The highest BCUT2D eigenvalue weighted by Gasteiger charge is 1.98. The zero-order valence-electron chi connectivity index (χ0n) is 33.7. The van der Waals surface area contributed by atoms with Crippen molar-refractivity contribution in [3.63, 3.8) is 0 Å². The normalized spacial score (nSPS) is 10.8. The lowest BCUT2D eigenvalue weighted by Crippen LogP contribution is -2.15. The molecule has 8 N–H and O–H groups in total. The lowest BCUT2D eigenvalue weighted by molar-refractivity contribution is -0.138. The SMILES string of the molecule is CCCCCCCC/C=C\CCCCCCCC(=O)O.CCCCCCCCCCCCCCCCCC(=O)O.OCC(O)CO.OCC(O)CO. The predicted molar refractivity (Wildman–Crippen MR) is 215 cm³/mol. The summed E-state index contributed by atoms with van der Waals surface area (Å²) < 4.78 is 0. The Morgan fingerprint density at radius 1 is 0.385 bits per heavy atom. The van der Waals surface area contributed by atoms with Gasteiger partial charge in [-0.05, 0) is 38.5 Å². The molecule has 0 saturated carbocycles. The molecular weight excluding hydrogens is 664 g/mol. The fourth-order valence-corrected chi connectivity index (χ4v) is 5.11. The van der Waals surface area contributed by atoms with E-state index in [4.69, 9.17) is 40.9 Å². The van der Waals surface area contributed by atoms with Gasteiger partial charge in [0.1, 0.15) is 12.2 Å². The third kappa shape index (κ3) is 66.7. The average molecular weight is 751 g/mol. The van der Waals surface area contributed by atoms with Crippen LogP contribution in [0.2, 0.25) is 0 Å². The van der Waals surface area contributed by atoms with Crippen LogP contribution in [0.25, 0.3) is 0 Å². The minimum atomic E-state index is -0.954. The van der Waals surface area contributed by atoms with Gasteiger partial charge in [-0.2, -0.15) is 0 Å². The summed E-state index contributed by atoms with van der Waals surface area (Å²) in [6.45, 7) is 3.07. The number of carboxylic acid groups (broad SMARTS) is 2. The van der Waals surface area contributed by atoms with Crippen molar-refractivity contribution >= 4 is 11.9 Å². The van der Waals surface area contributed by atoms with Crippen LogP contribution in [0, 0.1) is 0 Å². The maximum Gasteiger partial charge on any atom is 0.303 e. The number of unbranched alkanes of at least 4 members (excludes halogenated alkanes) is 25. The molecule has 0 unspecified atom stereocenters. The molecule has 0 aliphatic rings. The monoisotopic (exact) mass is 751 g/mol. The molecule has 0 aromatic carbocycles. The molecule has 0 spiro atoms. The molecule has 314 valence electrons. The van der Waals surface area contributed by atoms with Crippen molar-refractivity contribution in [1.82, 2.24) is 0 Å². The molecule has 0 bridgehead atoms. The Kier molecular flexibility index (Phi) is 59.1. The number of hydrogen-bond donors (Lipinski definition) is 8. The second-order valence-corrected chi connectivity index (χ2v) is 13.9. The van der Waals surface area contributed by atoms with Crippen LogP contribution in [0.1, 0.15) is 206 Å². The maximum absolute atomic E-state index is 10.3. The van der Waals surface area contributed by atoms with Crippen LogP contribution in [0.4, 0.5) is 0 Å². The highest BCUT2D eigenvalue weighted by molar-refractivity contribution is 5.66. The largest absolute Gasteiger partial charge is 0.481 e. The van der Waals surface area contributed by atoms with Crippen molar-refractivity contribution in [2.45, 2.75) is 219 Å². The molecule has 0 aliphatic carbocycles. The van der Waals surface area contributed by atoms with Crippen molar-refractivity contribution in [1.29, 1.82) is 0 Å². The number of aliphatic carboxylic acids is 2. The third-order valence-corrected chi connectivity index (χ3v) is 8.49. The van der Waals surface area contributed by atoms with E-state index in [0.29, 0.717) is 12.8 Å². The first kappa shape index (κ1) is 57.2. The molecule has 52 heavy (non-hydrogen) atoms. The van der Waals surface area contributed by atoms with Gasteiger partial charge in [0.05, 0.1) is 26.4 Å². The van der Waals surface area contributed by atoms with E-state index in [0.717, 1.165) is 25.7 Å². The maximum atomic E-state index is 10.3. The van der Waals surface area contributed by atoms with Gasteiger partial charge in [0.25, 0.3) is 0 Å². The second kappa shape index (κ2) is 53.8. The number of allylic oxidation sites excluding steroid dienone is 2. The molecule has 0 saturated heterocycles. The zero-order valence-corrected chi connectivity index (χ0v) is 33.7. The Morgan fingerprint density at radius 3 is 0.788 bits per heavy atom. The molecule has 0 aromatic rings. The summed E-state index contributed by atoms with van der Waals surface area (Å²) in [6, 6.07) is 0. The van der Waals surface area contributed by atoms with Crippen molar-refractivity contribution < 1.29 is 50.4 Å². The molecule has 10 heteroatoms. The lowest BCUT2D eigenvalue weighted by atomic mass is 10.0. The molecule has 0 rings (SSSR count). The van der Waals surface area contributed by atoms with E-state index in [9.17, 15) is 9.59 Å². The third-order valence-electron chi connectivity index (χ3n) is 8.49. The minimum absolute atomic E-state index is 0.332. The van der Waals surface area contributed by atoms with Crippen LogP contribution < -0.4 is 0 Å². The first-order chi connectivity index (χ1) is 25.2. The summed E-state index contributed by atoms with van der Waals surface area (Å²) in [6.07, 6.45) is 39.5. The Labute approximate surface area is 319 Å². The summed E-state index contributed by atoms with van der Waals surface area (Å²) in [5.41, 5.74) is 0. The quantitative estimate of drug-likeness (QED) is 0.0229. The molecule has 0 fully saturated rings. The number of rotatable bonds is 35. The summed E-state index contributed by atoms with van der Waals surface area (Å²) in [5.74, 6) is -1.32. The van der Waals surface area contributed by atoms with Crippen LogP contribution >= 0.6 is 0 Å². The Morgan fingerprint density at radius 2 is 0.596 bits per heavy atom. The van der Waals surface area contributed by atoms with Crippen molar-refractivity contribution in [3.05, 3.63) is 12.2 Å². The number of carboxylic acids is 2. The first-order valence-electron chi connectivity index (χ1n) is 21.0. The fourth-order valence-electron chi connectivity index (χ4n) is 5.11. The molecule has 0 amide bonds. The standard InChI is InChI=1S/C18H36O2.C18H34O2.2C3H8O3/c2*1-2-3-4-5-6-7-8-9-10-11-12-13-14-15-16-17-18(19)20;2*4-1-3(6)2-5/h2-17H2,1H3,(H,19,20);9-10H,2-8,11-17H2,1H3,(H,19,20);2*3-6H,1-2H2/b;10-9-;;. The van der Waals surface area contributed by atoms with Gasteiger partial charge in [0.2, 0.25) is 0 Å². The lowest BCUT2D eigenvalue weighted by Gasteiger charge is -2.03. The van der Waals surface area contributed by atoms with E-state index in [1.165, 1.54) is 154 Å². The van der Waals surface area contributed by atoms with Gasteiger partial charge in [0.15, 0.2) is 0 Å². The van der Waals surface area contributed by atoms with Crippen LogP contribution in [-0.2, 0) is 9.59 Å². The molecule has 0 radical (unpaired) electrons. The summed E-state index contributed by atoms with van der Waals surface area (Å²) in [7, 11) is 0. The average Bonchev–Trinajstić information content (AvgIpc) is 3.14.